The van der Waals surface area contributed by atoms with Gasteiger partial charge < -0.3 is 14.4 Å². The van der Waals surface area contributed by atoms with E-state index in [0.29, 0.717) is 48.8 Å². The number of amides is 1. The fourth-order valence-corrected chi connectivity index (χ4v) is 7.82. The SMILES string of the molecule is C=CCO[C@H]1C[C@@H](OC)[C@H]2[C@@H]3CCC4N(C)C(=O)CC[C@]4(C)[C@H]3CC[C@@]21C. The number of ether oxygens (including phenoxy) is 2. The Hall–Kier alpha value is -0.870. The minimum atomic E-state index is 0.199. The Labute approximate surface area is 164 Å². The van der Waals surface area contributed by atoms with Crippen LogP contribution in [0.15, 0.2) is 12.7 Å². The third-order valence-electron chi connectivity index (χ3n) is 9.15. The number of hydrogen-bond donors (Lipinski definition) is 0. The van der Waals surface area contributed by atoms with Crippen LogP contribution in [0.25, 0.3) is 0 Å². The van der Waals surface area contributed by atoms with Gasteiger partial charge in [-0.15, -0.1) is 6.58 Å². The van der Waals surface area contributed by atoms with E-state index < -0.39 is 0 Å². The van der Waals surface area contributed by atoms with Crippen LogP contribution in [0.3, 0.4) is 0 Å². The van der Waals surface area contributed by atoms with E-state index in [1.807, 2.05) is 20.2 Å². The summed E-state index contributed by atoms with van der Waals surface area (Å²) in [4.78, 5) is 14.4. The lowest BCUT2D eigenvalue weighted by molar-refractivity contribution is -0.166. The lowest BCUT2D eigenvalue weighted by Gasteiger charge is -2.62. The molecule has 0 aromatic rings. The third kappa shape index (κ3) is 2.73. The highest BCUT2D eigenvalue weighted by Crippen LogP contribution is 2.65. The standard InChI is InChI=1S/C23H37NO3/c1-6-13-27-19-14-17(26-5)21-15-7-8-18-22(2,12-10-20(25)24(18)4)16(15)9-11-23(19,21)3/h6,15-19,21H,1,7-14H2,2-5H3/t15-,16+,17-,18?,19+,21-,22-,23-/m1/s1. The minimum absolute atomic E-state index is 0.199. The molecule has 4 nitrogen and oxygen atoms in total. The molecule has 1 unspecified atom stereocenters. The number of hydrogen-bond acceptors (Lipinski definition) is 3. The summed E-state index contributed by atoms with van der Waals surface area (Å²) < 4.78 is 12.3. The first-order valence-electron chi connectivity index (χ1n) is 10.9. The number of likely N-dealkylation sites (tertiary alicyclic amines) is 1. The summed E-state index contributed by atoms with van der Waals surface area (Å²) >= 11 is 0. The highest BCUT2D eigenvalue weighted by molar-refractivity contribution is 5.77. The van der Waals surface area contributed by atoms with Crippen LogP contribution in [-0.4, -0.2) is 49.8 Å². The van der Waals surface area contributed by atoms with E-state index in [4.69, 9.17) is 9.47 Å². The molecule has 1 aliphatic heterocycles. The summed E-state index contributed by atoms with van der Waals surface area (Å²) in [5.41, 5.74) is 0.454. The van der Waals surface area contributed by atoms with Gasteiger partial charge in [-0.05, 0) is 60.7 Å². The van der Waals surface area contributed by atoms with Gasteiger partial charge in [0, 0.05) is 33.0 Å². The molecule has 27 heavy (non-hydrogen) atoms. The highest BCUT2D eigenvalue weighted by Gasteiger charge is 2.64. The Balaban J connectivity index is 1.64. The Morgan fingerprint density at radius 2 is 2.00 bits per heavy atom. The molecule has 8 atom stereocenters. The van der Waals surface area contributed by atoms with Crippen LogP contribution in [0.4, 0.5) is 0 Å². The number of carbonyl (C=O) groups excluding carboxylic acids is 1. The van der Waals surface area contributed by atoms with Crippen molar-refractivity contribution in [2.24, 2.45) is 28.6 Å². The minimum Gasteiger partial charge on any atom is -0.381 e. The molecule has 152 valence electrons. The Morgan fingerprint density at radius 1 is 1.22 bits per heavy atom. The van der Waals surface area contributed by atoms with Gasteiger partial charge in [0.25, 0.3) is 0 Å². The second-order valence-electron chi connectivity index (χ2n) is 10.1. The van der Waals surface area contributed by atoms with Gasteiger partial charge in [0.05, 0.1) is 18.8 Å². The molecule has 0 aromatic heterocycles. The van der Waals surface area contributed by atoms with Gasteiger partial charge in [-0.1, -0.05) is 19.9 Å². The highest BCUT2D eigenvalue weighted by atomic mass is 16.5. The van der Waals surface area contributed by atoms with Crippen molar-refractivity contribution in [2.45, 2.75) is 77.0 Å². The van der Waals surface area contributed by atoms with Crippen LogP contribution >= 0.6 is 0 Å². The molecule has 4 heteroatoms. The Kier molecular flexibility index (Phi) is 4.95. The second-order valence-corrected chi connectivity index (χ2v) is 10.1. The fourth-order valence-electron chi connectivity index (χ4n) is 7.82. The molecule has 3 saturated carbocycles. The van der Waals surface area contributed by atoms with Crippen molar-refractivity contribution in [3.63, 3.8) is 0 Å². The number of methoxy groups -OCH3 is 1. The summed E-state index contributed by atoms with van der Waals surface area (Å²) in [5.74, 6) is 2.29. The van der Waals surface area contributed by atoms with E-state index in [0.717, 1.165) is 19.3 Å². The monoisotopic (exact) mass is 375 g/mol. The number of rotatable bonds is 4. The maximum Gasteiger partial charge on any atom is 0.222 e. The molecule has 0 aromatic carbocycles. The van der Waals surface area contributed by atoms with E-state index >= 15 is 0 Å². The first-order chi connectivity index (χ1) is 12.9. The van der Waals surface area contributed by atoms with E-state index in [9.17, 15) is 4.79 Å². The number of nitrogens with zero attached hydrogens (tertiary/aromatic N) is 1. The molecular formula is C23H37NO3. The number of carbonyl (C=O) groups is 1. The van der Waals surface area contributed by atoms with E-state index in [1.165, 1.54) is 19.3 Å². The predicted octanol–water partition coefficient (Wildman–Crippen LogP) is 4.05. The molecule has 0 bridgehead atoms. The summed E-state index contributed by atoms with van der Waals surface area (Å²) in [6, 6.07) is 0.416. The van der Waals surface area contributed by atoms with Crippen molar-refractivity contribution < 1.29 is 14.3 Å². The lowest BCUT2D eigenvalue weighted by atomic mass is 9.47. The molecule has 4 rings (SSSR count). The topological polar surface area (TPSA) is 38.8 Å². The molecule has 0 N–H and O–H groups in total. The van der Waals surface area contributed by atoms with Crippen LogP contribution in [0.1, 0.15) is 58.8 Å². The van der Waals surface area contributed by atoms with Crippen molar-refractivity contribution >= 4 is 5.91 Å². The van der Waals surface area contributed by atoms with Gasteiger partial charge >= 0.3 is 0 Å². The van der Waals surface area contributed by atoms with Gasteiger partial charge in [0.2, 0.25) is 5.91 Å². The van der Waals surface area contributed by atoms with Gasteiger partial charge in [0.1, 0.15) is 0 Å². The number of piperidine rings is 1. The van der Waals surface area contributed by atoms with Gasteiger partial charge in [-0.3, -0.25) is 4.79 Å². The van der Waals surface area contributed by atoms with E-state index in [2.05, 4.69) is 25.3 Å². The lowest BCUT2D eigenvalue weighted by Crippen LogP contribution is -2.62. The first-order valence-corrected chi connectivity index (χ1v) is 10.9. The van der Waals surface area contributed by atoms with Crippen LogP contribution in [-0.2, 0) is 14.3 Å². The van der Waals surface area contributed by atoms with Crippen molar-refractivity contribution in [2.75, 3.05) is 20.8 Å². The fraction of sp³-hybridized carbons (Fsp3) is 0.870. The Morgan fingerprint density at radius 3 is 2.70 bits per heavy atom. The maximum atomic E-state index is 12.3. The summed E-state index contributed by atoms with van der Waals surface area (Å²) in [6.07, 6.45) is 10.0. The average Bonchev–Trinajstić information content (AvgIpc) is 2.95. The molecule has 1 heterocycles. The van der Waals surface area contributed by atoms with Crippen LogP contribution in [0.5, 0.6) is 0 Å². The van der Waals surface area contributed by atoms with Gasteiger partial charge in [-0.25, -0.2) is 0 Å². The zero-order valence-corrected chi connectivity index (χ0v) is 17.6. The first kappa shape index (κ1) is 19.4. The molecule has 1 saturated heterocycles. The summed E-state index contributed by atoms with van der Waals surface area (Å²) in [6.45, 7) is 9.39. The smallest absolute Gasteiger partial charge is 0.222 e. The molecule has 4 aliphatic rings. The maximum absolute atomic E-state index is 12.3. The molecule has 0 spiro atoms. The van der Waals surface area contributed by atoms with Crippen LogP contribution < -0.4 is 0 Å². The van der Waals surface area contributed by atoms with E-state index in [-0.39, 0.29) is 16.9 Å². The zero-order valence-electron chi connectivity index (χ0n) is 17.6. The number of fused-ring (bicyclic) bond motifs is 5. The largest absolute Gasteiger partial charge is 0.381 e. The quantitative estimate of drug-likeness (QED) is 0.696. The average molecular weight is 376 g/mol. The van der Waals surface area contributed by atoms with Crippen molar-refractivity contribution in [3.8, 4) is 0 Å². The molecular weight excluding hydrogens is 338 g/mol. The summed E-state index contributed by atoms with van der Waals surface area (Å²) in [5, 5.41) is 0. The van der Waals surface area contributed by atoms with Crippen molar-refractivity contribution in [1.29, 1.82) is 0 Å². The molecule has 3 aliphatic carbocycles. The van der Waals surface area contributed by atoms with Crippen LogP contribution in [0, 0.1) is 28.6 Å². The predicted molar refractivity (Wildman–Crippen MR) is 106 cm³/mol. The second kappa shape index (κ2) is 6.88. The molecule has 4 fully saturated rings. The third-order valence-corrected chi connectivity index (χ3v) is 9.15. The zero-order chi connectivity index (χ0) is 19.4. The van der Waals surface area contributed by atoms with Crippen LogP contribution in [0.2, 0.25) is 0 Å². The molecule has 1 amide bonds. The summed E-state index contributed by atoms with van der Waals surface area (Å²) in [7, 11) is 3.91. The van der Waals surface area contributed by atoms with Gasteiger partial charge in [0.15, 0.2) is 0 Å². The normalized spacial score (nSPS) is 49.3. The molecule has 0 radical (unpaired) electrons. The Bertz CT molecular complexity index is 606. The van der Waals surface area contributed by atoms with Crippen molar-refractivity contribution in [3.05, 3.63) is 12.7 Å². The van der Waals surface area contributed by atoms with E-state index in [1.54, 1.807) is 0 Å². The van der Waals surface area contributed by atoms with Gasteiger partial charge in [-0.2, -0.15) is 0 Å². The van der Waals surface area contributed by atoms with Crippen molar-refractivity contribution in [1.82, 2.24) is 4.90 Å².